The normalized spacial score (nSPS) is 10.7. The van der Waals surface area contributed by atoms with E-state index in [-0.39, 0.29) is 32.9 Å². The maximum atomic E-state index is 13.8. The molecule has 1 heterocycles. The number of halogens is 4. The van der Waals surface area contributed by atoms with Gasteiger partial charge in [0.2, 0.25) is 5.95 Å². The molecule has 0 aliphatic carbocycles. The van der Waals surface area contributed by atoms with Crippen LogP contribution in [0.3, 0.4) is 0 Å². The minimum Gasteiger partial charge on any atom is -0.390 e. The first kappa shape index (κ1) is 13.6. The summed E-state index contributed by atoms with van der Waals surface area (Å²) in [6, 6.07) is 6.01. The van der Waals surface area contributed by atoms with Gasteiger partial charge in [0.15, 0.2) is 0 Å². The average Bonchev–Trinajstić information content (AvgIpc) is 2.36. The number of benzene rings is 1. The fourth-order valence-corrected chi connectivity index (χ4v) is 2.25. The van der Waals surface area contributed by atoms with Crippen molar-refractivity contribution >= 4 is 34.8 Å². The van der Waals surface area contributed by atoms with Crippen LogP contribution in [0, 0.1) is 5.95 Å². The summed E-state index contributed by atoms with van der Waals surface area (Å²) in [5.41, 5.74) is 0.663. The highest BCUT2D eigenvalue weighted by Crippen LogP contribution is 2.39. The number of pyridine rings is 1. The molecule has 1 N–H and O–H groups in total. The van der Waals surface area contributed by atoms with Crippen molar-refractivity contribution in [1.82, 2.24) is 4.98 Å². The topological polar surface area (TPSA) is 33.1 Å². The zero-order valence-electron chi connectivity index (χ0n) is 8.92. The molecule has 0 unspecified atom stereocenters. The van der Waals surface area contributed by atoms with Gasteiger partial charge in [-0.2, -0.15) is 4.39 Å². The van der Waals surface area contributed by atoms with Crippen LogP contribution in [-0.2, 0) is 6.61 Å². The molecule has 0 radical (unpaired) electrons. The lowest BCUT2D eigenvalue weighted by Gasteiger charge is -2.09. The highest BCUT2D eigenvalue weighted by molar-refractivity contribution is 6.46. The van der Waals surface area contributed by atoms with E-state index in [1.165, 1.54) is 24.3 Å². The Morgan fingerprint density at radius 2 is 1.72 bits per heavy atom. The second-order valence-electron chi connectivity index (χ2n) is 3.52. The van der Waals surface area contributed by atoms with Crippen LogP contribution in [0.15, 0.2) is 24.3 Å². The first-order chi connectivity index (χ1) is 8.54. The lowest BCUT2D eigenvalue weighted by Crippen LogP contribution is -1.96. The van der Waals surface area contributed by atoms with Crippen LogP contribution in [0.5, 0.6) is 0 Å². The van der Waals surface area contributed by atoms with Crippen LogP contribution in [0.4, 0.5) is 4.39 Å². The third-order valence-electron chi connectivity index (χ3n) is 2.38. The van der Waals surface area contributed by atoms with Gasteiger partial charge in [-0.1, -0.05) is 34.8 Å². The van der Waals surface area contributed by atoms with Gasteiger partial charge in [0, 0.05) is 11.1 Å². The number of rotatable bonds is 2. The molecule has 6 heteroatoms. The molecule has 2 rings (SSSR count). The minimum atomic E-state index is -0.757. The number of hydrogen-bond donors (Lipinski definition) is 1. The Bertz CT molecular complexity index is 604. The highest BCUT2D eigenvalue weighted by atomic mass is 35.5. The highest BCUT2D eigenvalue weighted by Gasteiger charge is 2.16. The van der Waals surface area contributed by atoms with Crippen molar-refractivity contribution in [3.8, 4) is 11.1 Å². The van der Waals surface area contributed by atoms with Gasteiger partial charge < -0.3 is 5.11 Å². The summed E-state index contributed by atoms with van der Waals surface area (Å²) in [6.07, 6.45) is 0. The monoisotopic (exact) mass is 305 g/mol. The summed E-state index contributed by atoms with van der Waals surface area (Å²) in [7, 11) is 0. The molecule has 0 aliphatic heterocycles. The van der Waals surface area contributed by atoms with Gasteiger partial charge in [-0.25, -0.2) is 4.98 Å². The predicted octanol–water partition coefficient (Wildman–Crippen LogP) is 4.34. The molecular formula is C12H7Cl3FNO. The van der Waals surface area contributed by atoms with E-state index in [9.17, 15) is 4.39 Å². The average molecular weight is 307 g/mol. The summed E-state index contributed by atoms with van der Waals surface area (Å²) >= 11 is 17.9. The number of aliphatic hydroxyl groups is 1. The van der Waals surface area contributed by atoms with Crippen molar-refractivity contribution in [3.63, 3.8) is 0 Å². The number of hydrogen-bond acceptors (Lipinski definition) is 2. The third kappa shape index (κ3) is 2.45. The molecule has 0 amide bonds. The van der Waals surface area contributed by atoms with Gasteiger partial charge in [0.25, 0.3) is 0 Å². The Hall–Kier alpha value is -0.870. The summed E-state index contributed by atoms with van der Waals surface area (Å²) in [4.78, 5) is 3.60. The van der Waals surface area contributed by atoms with Crippen LogP contribution < -0.4 is 0 Å². The molecular weight excluding hydrogens is 299 g/mol. The third-order valence-corrected chi connectivity index (χ3v) is 3.50. The summed E-state index contributed by atoms with van der Waals surface area (Å²) in [6.45, 7) is -0.339. The molecule has 0 bridgehead atoms. The SMILES string of the molecule is OCc1ccc(-c2c(Cl)ccc(Cl)c2Cl)c(F)n1. The molecule has 1 aromatic carbocycles. The Labute approximate surface area is 118 Å². The maximum Gasteiger partial charge on any atom is 0.221 e. The second-order valence-corrected chi connectivity index (χ2v) is 4.71. The lowest BCUT2D eigenvalue weighted by atomic mass is 10.1. The molecule has 94 valence electrons. The van der Waals surface area contributed by atoms with Gasteiger partial charge in [-0.15, -0.1) is 0 Å². The summed E-state index contributed by atoms with van der Waals surface area (Å²) < 4.78 is 13.8. The first-order valence-electron chi connectivity index (χ1n) is 4.94. The molecule has 0 atom stereocenters. The molecule has 0 saturated carbocycles. The fraction of sp³-hybridized carbons (Fsp3) is 0.0833. The van der Waals surface area contributed by atoms with E-state index in [4.69, 9.17) is 39.9 Å². The molecule has 0 saturated heterocycles. The summed E-state index contributed by atoms with van der Waals surface area (Å²) in [5, 5.41) is 9.60. The second kappa shape index (κ2) is 5.41. The van der Waals surface area contributed by atoms with Crippen LogP contribution in [0.1, 0.15) is 5.69 Å². The maximum absolute atomic E-state index is 13.8. The van der Waals surface area contributed by atoms with Crippen molar-refractivity contribution in [3.05, 3.63) is 51.0 Å². The van der Waals surface area contributed by atoms with Crippen LogP contribution in [-0.4, -0.2) is 10.1 Å². The Kier molecular flexibility index (Phi) is 4.07. The zero-order valence-corrected chi connectivity index (χ0v) is 11.2. The van der Waals surface area contributed by atoms with E-state index in [1.54, 1.807) is 0 Å². The molecule has 0 fully saturated rings. The van der Waals surface area contributed by atoms with Gasteiger partial charge in [-0.05, 0) is 24.3 Å². The molecule has 0 spiro atoms. The first-order valence-corrected chi connectivity index (χ1v) is 6.08. The molecule has 2 aromatic rings. The van der Waals surface area contributed by atoms with Crippen LogP contribution >= 0.6 is 34.8 Å². The van der Waals surface area contributed by atoms with Crippen molar-refractivity contribution < 1.29 is 9.50 Å². The molecule has 0 aliphatic rings. The summed E-state index contributed by atoms with van der Waals surface area (Å²) in [5.74, 6) is -0.757. The van der Waals surface area contributed by atoms with Crippen molar-refractivity contribution in [2.45, 2.75) is 6.61 Å². The van der Waals surface area contributed by atoms with E-state index >= 15 is 0 Å². The smallest absolute Gasteiger partial charge is 0.221 e. The predicted molar refractivity (Wildman–Crippen MR) is 70.6 cm³/mol. The quantitative estimate of drug-likeness (QED) is 0.661. The van der Waals surface area contributed by atoms with E-state index < -0.39 is 5.95 Å². The van der Waals surface area contributed by atoms with E-state index in [1.807, 2.05) is 0 Å². The lowest BCUT2D eigenvalue weighted by molar-refractivity contribution is 0.275. The minimum absolute atomic E-state index is 0.143. The van der Waals surface area contributed by atoms with Crippen molar-refractivity contribution in [2.75, 3.05) is 0 Å². The van der Waals surface area contributed by atoms with Gasteiger partial charge in [-0.3, -0.25) is 0 Å². The van der Waals surface area contributed by atoms with Crippen LogP contribution in [0.2, 0.25) is 15.1 Å². The standard InChI is InChI=1S/C12H7Cl3FNO/c13-8-3-4-9(14)11(15)10(8)7-2-1-6(5-18)17-12(7)16/h1-4,18H,5H2. The molecule has 2 nitrogen and oxygen atoms in total. The van der Waals surface area contributed by atoms with Crippen LogP contribution in [0.25, 0.3) is 11.1 Å². The van der Waals surface area contributed by atoms with E-state index in [0.717, 1.165) is 0 Å². The van der Waals surface area contributed by atoms with E-state index in [2.05, 4.69) is 4.98 Å². The van der Waals surface area contributed by atoms with Crippen molar-refractivity contribution in [2.24, 2.45) is 0 Å². The Morgan fingerprint density at radius 3 is 2.33 bits per heavy atom. The molecule has 18 heavy (non-hydrogen) atoms. The number of aromatic nitrogens is 1. The Balaban J connectivity index is 2.66. The fourth-order valence-electron chi connectivity index (χ4n) is 1.52. The van der Waals surface area contributed by atoms with Crippen molar-refractivity contribution in [1.29, 1.82) is 0 Å². The molecule has 1 aromatic heterocycles. The van der Waals surface area contributed by atoms with Gasteiger partial charge in [0.1, 0.15) is 0 Å². The van der Waals surface area contributed by atoms with Gasteiger partial charge >= 0.3 is 0 Å². The van der Waals surface area contributed by atoms with E-state index in [0.29, 0.717) is 5.56 Å². The van der Waals surface area contributed by atoms with Gasteiger partial charge in [0.05, 0.1) is 27.4 Å². The Morgan fingerprint density at radius 1 is 1.06 bits per heavy atom. The largest absolute Gasteiger partial charge is 0.390 e. The number of nitrogens with zero attached hydrogens (tertiary/aromatic N) is 1. The zero-order chi connectivity index (χ0) is 13.3. The number of aliphatic hydroxyl groups excluding tert-OH is 1.